The molecule has 0 aliphatic heterocycles. The third-order valence-electron chi connectivity index (χ3n) is 0.794. The summed E-state index contributed by atoms with van der Waals surface area (Å²) < 4.78 is 0. The van der Waals surface area contributed by atoms with Crippen LogP contribution < -0.4 is 5.69 Å². The van der Waals surface area contributed by atoms with E-state index in [2.05, 4.69) is 11.1 Å². The van der Waals surface area contributed by atoms with E-state index in [0.29, 0.717) is 5.69 Å². The van der Waals surface area contributed by atoms with Crippen LogP contribution in [-0.2, 0) is 32.7 Å². The zero-order chi connectivity index (χ0) is 6.85. The number of aromatic hydroxyl groups is 1. The topological polar surface area (TPSA) is 66.0 Å². The second-order valence-electron chi connectivity index (χ2n) is 1.60. The molecule has 0 unspecified atom stereocenters. The molecular formula is C5H5N2O2Y-. The molecule has 0 atom stereocenters. The third-order valence-corrected chi connectivity index (χ3v) is 0.794. The minimum atomic E-state index is -0.552. The van der Waals surface area contributed by atoms with Gasteiger partial charge in [-0.3, -0.25) is 0 Å². The Morgan fingerprint density at radius 2 is 2.30 bits per heavy atom. The van der Waals surface area contributed by atoms with E-state index >= 15 is 0 Å². The molecule has 0 aliphatic carbocycles. The van der Waals surface area contributed by atoms with E-state index in [1.165, 1.54) is 0 Å². The predicted molar refractivity (Wildman–Crippen MR) is 30.1 cm³/mol. The van der Waals surface area contributed by atoms with Gasteiger partial charge in [0.2, 0.25) is 0 Å². The molecule has 10 heavy (non-hydrogen) atoms. The minimum absolute atomic E-state index is 0. The summed E-state index contributed by atoms with van der Waals surface area (Å²) in [5.74, 6) is -0.271. The first kappa shape index (κ1) is 9.78. The van der Waals surface area contributed by atoms with Crippen LogP contribution in [0.4, 0.5) is 0 Å². The SMILES string of the molecule is Cc1[c-]c(O)[nH]c(=O)n1.[Y]. The second kappa shape index (κ2) is 3.83. The van der Waals surface area contributed by atoms with Gasteiger partial charge in [-0.25, -0.2) is 9.78 Å². The number of nitrogens with zero attached hydrogens (tertiary/aromatic N) is 1. The quantitative estimate of drug-likeness (QED) is 0.576. The summed E-state index contributed by atoms with van der Waals surface area (Å²) in [7, 11) is 0. The van der Waals surface area contributed by atoms with Crippen molar-refractivity contribution < 1.29 is 37.8 Å². The average Bonchev–Trinajstić information content (AvgIpc) is 1.59. The van der Waals surface area contributed by atoms with Crippen LogP contribution in [0.3, 0.4) is 0 Å². The Morgan fingerprint density at radius 1 is 1.70 bits per heavy atom. The largest absolute Gasteiger partial charge is 0.528 e. The van der Waals surface area contributed by atoms with Gasteiger partial charge in [-0.05, 0) is 0 Å². The molecule has 51 valence electrons. The fraction of sp³-hybridized carbons (Fsp3) is 0.200. The Labute approximate surface area is 82.6 Å². The maximum Gasteiger partial charge on any atom is 0.342 e. The number of H-pyrrole nitrogens is 1. The summed E-state index contributed by atoms with van der Waals surface area (Å²) in [6.45, 7) is 1.58. The van der Waals surface area contributed by atoms with Gasteiger partial charge in [0.25, 0.3) is 0 Å². The molecule has 0 spiro atoms. The van der Waals surface area contributed by atoms with Gasteiger partial charge in [0.15, 0.2) is 0 Å². The first-order chi connectivity index (χ1) is 4.18. The fourth-order valence-corrected chi connectivity index (χ4v) is 0.512. The van der Waals surface area contributed by atoms with E-state index in [-0.39, 0.29) is 38.6 Å². The molecule has 0 saturated carbocycles. The van der Waals surface area contributed by atoms with Crippen molar-refractivity contribution in [3.05, 3.63) is 22.2 Å². The molecule has 0 fully saturated rings. The van der Waals surface area contributed by atoms with E-state index < -0.39 is 5.69 Å². The Kier molecular flexibility index (Phi) is 3.75. The van der Waals surface area contributed by atoms with E-state index in [4.69, 9.17) is 5.11 Å². The molecule has 1 aromatic rings. The van der Waals surface area contributed by atoms with Crippen LogP contribution in [0.5, 0.6) is 5.88 Å². The van der Waals surface area contributed by atoms with Crippen LogP contribution in [0.15, 0.2) is 4.79 Å². The number of nitrogens with one attached hydrogen (secondary N) is 1. The van der Waals surface area contributed by atoms with Crippen molar-refractivity contribution in [3.8, 4) is 5.88 Å². The molecule has 0 aromatic carbocycles. The summed E-state index contributed by atoms with van der Waals surface area (Å²) in [5.41, 5.74) is -0.167. The second-order valence-corrected chi connectivity index (χ2v) is 1.60. The molecule has 0 saturated heterocycles. The van der Waals surface area contributed by atoms with Gasteiger partial charge < -0.3 is 16.2 Å². The molecule has 1 aromatic heterocycles. The molecule has 5 heteroatoms. The van der Waals surface area contributed by atoms with Gasteiger partial charge in [0.1, 0.15) is 0 Å². The zero-order valence-electron chi connectivity index (χ0n) is 5.38. The normalized spacial score (nSPS) is 8.50. The molecule has 0 bridgehead atoms. The fourth-order valence-electron chi connectivity index (χ4n) is 0.512. The average molecular weight is 214 g/mol. The van der Waals surface area contributed by atoms with Gasteiger partial charge in [-0.15, -0.1) is 5.69 Å². The van der Waals surface area contributed by atoms with Crippen LogP contribution >= 0.6 is 0 Å². The van der Waals surface area contributed by atoms with Crippen molar-refractivity contribution in [3.63, 3.8) is 0 Å². The first-order valence-corrected chi connectivity index (χ1v) is 2.37. The van der Waals surface area contributed by atoms with Crippen molar-refractivity contribution in [2.24, 2.45) is 0 Å². The Hall–Kier alpha value is -0.216. The van der Waals surface area contributed by atoms with E-state index in [1.54, 1.807) is 6.92 Å². The predicted octanol–water partition coefficient (Wildman–Crippen LogP) is -0.418. The van der Waals surface area contributed by atoms with E-state index in [0.717, 1.165) is 0 Å². The first-order valence-electron chi connectivity index (χ1n) is 2.37. The van der Waals surface area contributed by atoms with Crippen LogP contribution in [-0.4, -0.2) is 15.1 Å². The van der Waals surface area contributed by atoms with Gasteiger partial charge in [-0.1, -0.05) is 6.92 Å². The number of aromatic nitrogens is 2. The summed E-state index contributed by atoms with van der Waals surface area (Å²) in [4.78, 5) is 15.8. The van der Waals surface area contributed by atoms with Gasteiger partial charge >= 0.3 is 5.69 Å². The number of hydrogen-bond donors (Lipinski definition) is 2. The molecular weight excluding hydrogens is 209 g/mol. The molecule has 1 radical (unpaired) electrons. The maximum atomic E-state index is 10.4. The van der Waals surface area contributed by atoms with Crippen LogP contribution in [0.25, 0.3) is 0 Å². The molecule has 1 heterocycles. The van der Waals surface area contributed by atoms with Crippen molar-refractivity contribution in [1.29, 1.82) is 0 Å². The van der Waals surface area contributed by atoms with Crippen LogP contribution in [0, 0.1) is 13.0 Å². The van der Waals surface area contributed by atoms with Crippen molar-refractivity contribution in [1.82, 2.24) is 9.97 Å². The van der Waals surface area contributed by atoms with Crippen molar-refractivity contribution in [2.75, 3.05) is 0 Å². The molecule has 2 N–H and O–H groups in total. The third kappa shape index (κ3) is 2.58. The Bertz CT molecular complexity index is 247. The standard InChI is InChI=1S/C5H5N2O2.Y/c1-3-2-4(8)7-5(9)6-3;/h1H3,(H2,6,7,8,9);/q-1;. The van der Waals surface area contributed by atoms with Gasteiger partial charge in [-0.2, -0.15) is 0 Å². The van der Waals surface area contributed by atoms with Crippen LogP contribution in [0.1, 0.15) is 5.69 Å². The van der Waals surface area contributed by atoms with Gasteiger partial charge in [0.05, 0.1) is 0 Å². The Morgan fingerprint density at radius 3 is 2.70 bits per heavy atom. The molecule has 1 rings (SSSR count). The summed E-state index contributed by atoms with van der Waals surface area (Å²) in [6.07, 6.45) is 0. The summed E-state index contributed by atoms with van der Waals surface area (Å²) in [5, 5.41) is 8.64. The smallest absolute Gasteiger partial charge is 0.342 e. The minimum Gasteiger partial charge on any atom is -0.528 e. The molecule has 0 amide bonds. The van der Waals surface area contributed by atoms with E-state index in [9.17, 15) is 4.79 Å². The van der Waals surface area contributed by atoms with Gasteiger partial charge in [0, 0.05) is 38.6 Å². The number of rotatable bonds is 0. The van der Waals surface area contributed by atoms with Crippen LogP contribution in [0.2, 0.25) is 0 Å². The zero-order valence-corrected chi connectivity index (χ0v) is 8.22. The monoisotopic (exact) mass is 214 g/mol. The molecule has 0 aliphatic rings. The van der Waals surface area contributed by atoms with Crippen molar-refractivity contribution >= 4 is 0 Å². The Balaban J connectivity index is 0.000000810. The summed E-state index contributed by atoms with van der Waals surface area (Å²) >= 11 is 0. The van der Waals surface area contributed by atoms with Crippen molar-refractivity contribution in [2.45, 2.75) is 6.92 Å². The number of aromatic amines is 1. The summed E-state index contributed by atoms with van der Waals surface area (Å²) in [6, 6.07) is 2.40. The number of aryl methyl sites for hydroxylation is 1. The molecule has 4 nitrogen and oxygen atoms in total. The van der Waals surface area contributed by atoms with E-state index in [1.807, 2.05) is 4.98 Å². The number of hydrogen-bond acceptors (Lipinski definition) is 3. The maximum absolute atomic E-state index is 10.4.